The molecule has 1 aromatic carbocycles. The van der Waals surface area contributed by atoms with E-state index in [4.69, 9.17) is 7.85 Å². The summed E-state index contributed by atoms with van der Waals surface area (Å²) in [4.78, 5) is 12.7. The predicted octanol–water partition coefficient (Wildman–Crippen LogP) is 2.16. The molecule has 0 aromatic heterocycles. The monoisotopic (exact) mass is 228 g/mol. The highest BCUT2D eigenvalue weighted by Crippen LogP contribution is 2.17. The van der Waals surface area contributed by atoms with E-state index in [1.165, 1.54) is 5.56 Å². The van der Waals surface area contributed by atoms with Crippen molar-refractivity contribution in [3.63, 3.8) is 0 Å². The van der Waals surface area contributed by atoms with E-state index in [1.54, 1.807) is 4.90 Å². The van der Waals surface area contributed by atoms with Crippen LogP contribution in [0.5, 0.6) is 0 Å². The van der Waals surface area contributed by atoms with Crippen molar-refractivity contribution in [2.24, 2.45) is 0 Å². The number of likely N-dealkylation sites (tertiary alicyclic amines) is 1. The van der Waals surface area contributed by atoms with Crippen LogP contribution in [0.2, 0.25) is 0 Å². The Bertz CT molecular complexity index is 383. The number of nitrogens with one attached hydrogen (secondary N) is 1. The molecule has 2 rings (SSSR count). The quantitative estimate of drug-likeness (QED) is 0.786. The van der Waals surface area contributed by atoms with Crippen LogP contribution in [0.25, 0.3) is 0 Å². The first-order valence-electron chi connectivity index (χ1n) is 6.03. The van der Waals surface area contributed by atoms with Crippen molar-refractivity contribution in [1.82, 2.24) is 4.90 Å². The predicted molar refractivity (Wildman–Crippen MR) is 70.5 cm³/mol. The third-order valence-corrected chi connectivity index (χ3v) is 3.23. The van der Waals surface area contributed by atoms with Gasteiger partial charge in [-0.3, -0.25) is 4.79 Å². The summed E-state index contributed by atoms with van der Waals surface area (Å²) < 4.78 is 0. The molecule has 88 valence electrons. The zero-order chi connectivity index (χ0) is 12.3. The first-order chi connectivity index (χ1) is 8.15. The highest BCUT2D eigenvalue weighted by molar-refractivity contribution is 6.56. The van der Waals surface area contributed by atoms with Gasteiger partial charge in [-0.2, -0.15) is 0 Å². The number of nitrogens with zero attached hydrogens (tertiary/aromatic N) is 1. The summed E-state index contributed by atoms with van der Waals surface area (Å²) in [7, 11) is 5.25. The lowest BCUT2D eigenvalue weighted by Gasteiger charge is -2.32. The largest absolute Gasteiger partial charge is 0.382 e. The second-order valence-corrected chi connectivity index (χ2v) is 4.61. The minimum atomic E-state index is -0.307. The van der Waals surface area contributed by atoms with Crippen LogP contribution >= 0.6 is 0 Å². The Morgan fingerprint density at radius 1 is 1.29 bits per heavy atom. The number of piperidine rings is 1. The third kappa shape index (κ3) is 3.25. The zero-order valence-electron chi connectivity index (χ0n) is 10.1. The van der Waals surface area contributed by atoms with Crippen LogP contribution in [0, 0.1) is 6.92 Å². The topological polar surface area (TPSA) is 32.3 Å². The fraction of sp³-hybridized carbons (Fsp3) is 0.462. The second-order valence-electron chi connectivity index (χ2n) is 4.61. The minimum absolute atomic E-state index is 0.307. The molecule has 1 aromatic rings. The van der Waals surface area contributed by atoms with Crippen molar-refractivity contribution in [2.75, 3.05) is 18.4 Å². The minimum Gasteiger partial charge on any atom is -0.382 e. The molecular formula is C13H17BN2O. The van der Waals surface area contributed by atoms with Gasteiger partial charge in [-0.15, -0.1) is 0 Å². The average Bonchev–Trinajstić information content (AvgIpc) is 2.33. The summed E-state index contributed by atoms with van der Waals surface area (Å²) in [6.45, 7) is 3.58. The van der Waals surface area contributed by atoms with Crippen LogP contribution in [0.1, 0.15) is 18.4 Å². The van der Waals surface area contributed by atoms with E-state index in [2.05, 4.69) is 36.5 Å². The summed E-state index contributed by atoms with van der Waals surface area (Å²) in [6, 6.07) is 8.82. The first-order valence-corrected chi connectivity index (χ1v) is 6.03. The van der Waals surface area contributed by atoms with Crippen LogP contribution in [-0.4, -0.2) is 37.7 Å². The van der Waals surface area contributed by atoms with Crippen LogP contribution < -0.4 is 5.32 Å². The summed E-state index contributed by atoms with van der Waals surface area (Å²) in [5.74, 6) is -0.307. The second kappa shape index (κ2) is 5.26. The van der Waals surface area contributed by atoms with Gasteiger partial charge >= 0.3 is 0 Å². The molecule has 0 bridgehead atoms. The van der Waals surface area contributed by atoms with Crippen LogP contribution in [0.3, 0.4) is 0 Å². The number of amides is 1. The molecule has 2 radical (unpaired) electrons. The van der Waals surface area contributed by atoms with Crippen LogP contribution in [0.4, 0.5) is 10.5 Å². The van der Waals surface area contributed by atoms with Gasteiger partial charge in [0, 0.05) is 24.8 Å². The van der Waals surface area contributed by atoms with Crippen LogP contribution in [0.15, 0.2) is 24.3 Å². The summed E-state index contributed by atoms with van der Waals surface area (Å²) >= 11 is 0. The highest BCUT2D eigenvalue weighted by atomic mass is 16.1. The summed E-state index contributed by atoms with van der Waals surface area (Å²) in [5.41, 5.74) is 2.41. The van der Waals surface area contributed by atoms with E-state index in [-0.39, 0.29) is 5.81 Å². The molecule has 1 amide bonds. The number of hydrogen-bond donors (Lipinski definition) is 1. The van der Waals surface area contributed by atoms with E-state index >= 15 is 0 Å². The molecule has 1 aliphatic rings. The van der Waals surface area contributed by atoms with Crippen molar-refractivity contribution in [1.29, 1.82) is 0 Å². The SMILES string of the molecule is [B]C(=O)N1CCC(Nc2ccc(C)cc2)CC1. The number of carbonyl (C=O) groups excluding carboxylic acids is 1. The Labute approximate surface area is 104 Å². The van der Waals surface area contributed by atoms with Crippen molar-refractivity contribution in [2.45, 2.75) is 25.8 Å². The number of benzene rings is 1. The summed E-state index contributed by atoms with van der Waals surface area (Å²) in [5, 5.41) is 3.49. The number of carbonyl (C=O) groups is 1. The van der Waals surface area contributed by atoms with Gasteiger partial charge in [0.25, 0.3) is 0 Å². The molecule has 0 aliphatic carbocycles. The maximum Gasteiger partial charge on any atom is 0.200 e. The Hall–Kier alpha value is -1.45. The Morgan fingerprint density at radius 3 is 2.41 bits per heavy atom. The van der Waals surface area contributed by atoms with E-state index in [9.17, 15) is 4.79 Å². The maximum absolute atomic E-state index is 11.0. The van der Waals surface area contributed by atoms with E-state index < -0.39 is 0 Å². The standard InChI is InChI=1S/C13H17BN2O/c1-10-2-4-11(5-3-10)15-12-6-8-16(9-7-12)13(14)17/h2-5,12,15H,6-9H2,1H3. The van der Waals surface area contributed by atoms with Crippen molar-refractivity contribution in [3.8, 4) is 0 Å². The van der Waals surface area contributed by atoms with E-state index in [0.717, 1.165) is 31.6 Å². The Morgan fingerprint density at radius 2 is 1.88 bits per heavy atom. The number of rotatable bonds is 2. The molecule has 1 saturated heterocycles. The molecular weight excluding hydrogens is 211 g/mol. The molecule has 1 N–H and O–H groups in total. The van der Waals surface area contributed by atoms with E-state index in [0.29, 0.717) is 6.04 Å². The first kappa shape index (κ1) is 12.0. The van der Waals surface area contributed by atoms with Gasteiger partial charge in [0.1, 0.15) is 0 Å². The lowest BCUT2D eigenvalue weighted by molar-refractivity contribution is 0.206. The van der Waals surface area contributed by atoms with Gasteiger partial charge < -0.3 is 10.2 Å². The average molecular weight is 228 g/mol. The fourth-order valence-corrected chi connectivity index (χ4v) is 2.13. The lowest BCUT2D eigenvalue weighted by atomic mass is 10.0. The van der Waals surface area contributed by atoms with Gasteiger partial charge in [-0.25, -0.2) is 0 Å². The number of hydrogen-bond acceptors (Lipinski definition) is 2. The molecule has 0 atom stereocenters. The van der Waals surface area contributed by atoms with Gasteiger partial charge in [0.05, 0.1) is 0 Å². The molecule has 0 spiro atoms. The van der Waals surface area contributed by atoms with Gasteiger partial charge in [0.2, 0.25) is 7.85 Å². The molecule has 1 aliphatic heterocycles. The maximum atomic E-state index is 11.0. The summed E-state index contributed by atoms with van der Waals surface area (Å²) in [6.07, 6.45) is 1.91. The van der Waals surface area contributed by atoms with Crippen molar-refractivity contribution < 1.29 is 4.79 Å². The molecule has 1 fully saturated rings. The Balaban J connectivity index is 1.85. The Kier molecular flexibility index (Phi) is 3.72. The van der Waals surface area contributed by atoms with Crippen LogP contribution in [-0.2, 0) is 0 Å². The zero-order valence-corrected chi connectivity index (χ0v) is 10.1. The van der Waals surface area contributed by atoms with E-state index in [1.807, 2.05) is 0 Å². The smallest absolute Gasteiger partial charge is 0.200 e. The fourth-order valence-electron chi connectivity index (χ4n) is 2.13. The molecule has 3 nitrogen and oxygen atoms in total. The molecule has 4 heteroatoms. The highest BCUT2D eigenvalue weighted by Gasteiger charge is 2.19. The molecule has 0 saturated carbocycles. The van der Waals surface area contributed by atoms with Gasteiger partial charge in [-0.1, -0.05) is 17.7 Å². The van der Waals surface area contributed by atoms with Gasteiger partial charge in [-0.05, 0) is 31.9 Å². The number of aryl methyl sites for hydroxylation is 1. The van der Waals surface area contributed by atoms with Gasteiger partial charge in [0.15, 0.2) is 5.81 Å². The molecule has 1 heterocycles. The lowest BCUT2D eigenvalue weighted by Crippen LogP contribution is -2.41. The normalized spacial score (nSPS) is 16.9. The molecule has 0 unspecified atom stereocenters. The van der Waals surface area contributed by atoms with Crippen molar-refractivity contribution >= 4 is 19.3 Å². The molecule has 17 heavy (non-hydrogen) atoms. The number of anilines is 1. The third-order valence-electron chi connectivity index (χ3n) is 3.23. The van der Waals surface area contributed by atoms with Crippen molar-refractivity contribution in [3.05, 3.63) is 29.8 Å².